The number of benzene rings is 1. The highest BCUT2D eigenvalue weighted by molar-refractivity contribution is 9.10. The van der Waals surface area contributed by atoms with E-state index in [1.54, 1.807) is 11.3 Å². The van der Waals surface area contributed by atoms with Crippen LogP contribution in [0.15, 0.2) is 34.2 Å². The van der Waals surface area contributed by atoms with Crippen LogP contribution < -0.4 is 5.73 Å². The summed E-state index contributed by atoms with van der Waals surface area (Å²) in [6, 6.07) is 8.47. The molecule has 2 aromatic rings. The molecular weight excluding hydrogens is 308 g/mol. The van der Waals surface area contributed by atoms with Crippen molar-refractivity contribution >= 4 is 27.3 Å². The minimum absolute atomic E-state index is 0.199. The molecule has 0 fully saturated rings. The van der Waals surface area contributed by atoms with Crippen molar-refractivity contribution in [3.63, 3.8) is 0 Å². The molecule has 0 radical (unpaired) electrons. The van der Waals surface area contributed by atoms with E-state index in [9.17, 15) is 0 Å². The Balaban J connectivity index is 1.88. The van der Waals surface area contributed by atoms with E-state index in [-0.39, 0.29) is 6.04 Å². The van der Waals surface area contributed by atoms with E-state index in [1.807, 2.05) is 11.6 Å². The highest BCUT2D eigenvalue weighted by Gasteiger charge is 2.09. The minimum Gasteiger partial charge on any atom is -0.327 e. The number of halogens is 1. The predicted octanol–water partition coefficient (Wildman–Crippen LogP) is 3.72. The molecule has 0 aliphatic rings. The van der Waals surface area contributed by atoms with Crippen molar-refractivity contribution in [3.8, 4) is 0 Å². The molecule has 1 aromatic heterocycles. The fraction of sp³-hybridized carbons (Fsp3) is 0.357. The van der Waals surface area contributed by atoms with Crippen LogP contribution >= 0.6 is 27.3 Å². The summed E-state index contributed by atoms with van der Waals surface area (Å²) < 4.78 is 1.15. The maximum atomic E-state index is 6.20. The second-order valence-electron chi connectivity index (χ2n) is 4.46. The fourth-order valence-electron chi connectivity index (χ4n) is 1.93. The van der Waals surface area contributed by atoms with E-state index in [4.69, 9.17) is 5.73 Å². The Bertz CT molecular complexity index is 510. The molecule has 0 saturated carbocycles. The molecule has 1 atom stereocenters. The quantitative estimate of drug-likeness (QED) is 0.910. The van der Waals surface area contributed by atoms with Gasteiger partial charge in [0.1, 0.15) is 0 Å². The fourth-order valence-corrected chi connectivity index (χ4v) is 3.17. The molecule has 0 bridgehead atoms. The van der Waals surface area contributed by atoms with Gasteiger partial charge >= 0.3 is 0 Å². The third-order valence-electron chi connectivity index (χ3n) is 3.03. The van der Waals surface area contributed by atoms with Gasteiger partial charge in [0.05, 0.1) is 11.2 Å². The lowest BCUT2D eigenvalue weighted by Crippen LogP contribution is -2.23. The smallest absolute Gasteiger partial charge is 0.0797 e. The monoisotopic (exact) mass is 324 g/mol. The molecule has 18 heavy (non-hydrogen) atoms. The number of aromatic nitrogens is 1. The first-order chi connectivity index (χ1) is 8.66. The van der Waals surface area contributed by atoms with E-state index in [0.717, 1.165) is 29.4 Å². The topological polar surface area (TPSA) is 38.9 Å². The highest BCUT2D eigenvalue weighted by Crippen LogP contribution is 2.19. The number of hydrogen-bond acceptors (Lipinski definition) is 3. The summed E-state index contributed by atoms with van der Waals surface area (Å²) >= 11 is 5.29. The molecule has 0 spiro atoms. The summed E-state index contributed by atoms with van der Waals surface area (Å²) in [4.78, 5) is 5.62. The van der Waals surface area contributed by atoms with Crippen LogP contribution in [0.4, 0.5) is 0 Å². The molecule has 0 amide bonds. The number of nitrogens with zero attached hydrogens (tertiary/aromatic N) is 1. The largest absolute Gasteiger partial charge is 0.327 e. The summed E-state index contributed by atoms with van der Waals surface area (Å²) in [6.07, 6.45) is 2.95. The van der Waals surface area contributed by atoms with Gasteiger partial charge in [-0.05, 0) is 37.8 Å². The van der Waals surface area contributed by atoms with Crippen LogP contribution in [-0.2, 0) is 12.8 Å². The van der Waals surface area contributed by atoms with Crippen LogP contribution in [0.25, 0.3) is 0 Å². The lowest BCUT2D eigenvalue weighted by Gasteiger charge is -2.12. The summed E-state index contributed by atoms with van der Waals surface area (Å²) in [5, 5.41) is 0. The standard InChI is InChI=1S/C14H17BrN2S/c1-10-14(18-9-17-10)7-6-12(16)8-11-4-2-3-5-13(11)15/h2-5,9,12H,6-8,16H2,1H3. The molecular formula is C14H17BrN2S. The Morgan fingerprint density at radius 1 is 1.39 bits per heavy atom. The van der Waals surface area contributed by atoms with Crippen molar-refractivity contribution in [1.29, 1.82) is 0 Å². The summed E-state index contributed by atoms with van der Waals surface area (Å²) in [6.45, 7) is 2.06. The molecule has 0 aliphatic heterocycles. The van der Waals surface area contributed by atoms with Gasteiger partial charge in [-0.25, -0.2) is 4.98 Å². The van der Waals surface area contributed by atoms with Crippen LogP contribution in [-0.4, -0.2) is 11.0 Å². The van der Waals surface area contributed by atoms with Crippen LogP contribution in [0.2, 0.25) is 0 Å². The van der Waals surface area contributed by atoms with Crippen molar-refractivity contribution in [2.45, 2.75) is 32.2 Å². The molecule has 2 N–H and O–H groups in total. The third-order valence-corrected chi connectivity index (χ3v) is 4.80. The van der Waals surface area contributed by atoms with E-state index >= 15 is 0 Å². The van der Waals surface area contributed by atoms with Gasteiger partial charge in [0.25, 0.3) is 0 Å². The number of hydrogen-bond donors (Lipinski definition) is 1. The molecule has 1 aromatic carbocycles. The van der Waals surface area contributed by atoms with Crippen molar-refractivity contribution in [2.24, 2.45) is 5.73 Å². The zero-order valence-corrected chi connectivity index (χ0v) is 12.8. The van der Waals surface area contributed by atoms with Gasteiger partial charge in [0.2, 0.25) is 0 Å². The first-order valence-corrected chi connectivity index (χ1v) is 7.72. The number of aryl methyl sites for hydroxylation is 2. The van der Waals surface area contributed by atoms with Crippen molar-refractivity contribution < 1.29 is 0 Å². The van der Waals surface area contributed by atoms with Crippen molar-refractivity contribution in [1.82, 2.24) is 4.98 Å². The Hall–Kier alpha value is -0.710. The van der Waals surface area contributed by atoms with Crippen LogP contribution in [0.5, 0.6) is 0 Å². The first-order valence-electron chi connectivity index (χ1n) is 6.04. The van der Waals surface area contributed by atoms with Crippen molar-refractivity contribution in [3.05, 3.63) is 50.4 Å². The van der Waals surface area contributed by atoms with Gasteiger partial charge < -0.3 is 5.73 Å². The highest BCUT2D eigenvalue weighted by atomic mass is 79.9. The maximum Gasteiger partial charge on any atom is 0.0797 e. The Labute approximate surface area is 120 Å². The van der Waals surface area contributed by atoms with Crippen LogP contribution in [0, 0.1) is 6.92 Å². The third kappa shape index (κ3) is 3.64. The molecule has 2 nitrogen and oxygen atoms in total. The van der Waals surface area contributed by atoms with E-state index in [0.29, 0.717) is 0 Å². The minimum atomic E-state index is 0.199. The normalized spacial score (nSPS) is 12.6. The van der Waals surface area contributed by atoms with Gasteiger partial charge in [0, 0.05) is 15.4 Å². The summed E-state index contributed by atoms with van der Waals surface area (Å²) in [5.74, 6) is 0. The Morgan fingerprint density at radius 2 is 2.17 bits per heavy atom. The SMILES string of the molecule is Cc1ncsc1CCC(N)Cc1ccccc1Br. The van der Waals surface area contributed by atoms with Crippen LogP contribution in [0.3, 0.4) is 0 Å². The average molecular weight is 325 g/mol. The summed E-state index contributed by atoms with van der Waals surface area (Å²) in [5.41, 5.74) is 10.5. The zero-order chi connectivity index (χ0) is 13.0. The van der Waals surface area contributed by atoms with Gasteiger partial charge in [-0.15, -0.1) is 11.3 Å². The molecule has 96 valence electrons. The second-order valence-corrected chi connectivity index (χ2v) is 6.25. The van der Waals surface area contributed by atoms with Crippen molar-refractivity contribution in [2.75, 3.05) is 0 Å². The maximum absolute atomic E-state index is 6.20. The van der Waals surface area contributed by atoms with Gasteiger partial charge in [0.15, 0.2) is 0 Å². The molecule has 1 unspecified atom stereocenters. The number of nitrogens with two attached hydrogens (primary N) is 1. The Kier molecular flexibility index (Phi) is 4.92. The van der Waals surface area contributed by atoms with E-state index < -0.39 is 0 Å². The molecule has 0 aliphatic carbocycles. The molecule has 1 heterocycles. The number of rotatable bonds is 5. The lowest BCUT2D eigenvalue weighted by atomic mass is 10.0. The molecule has 4 heteroatoms. The summed E-state index contributed by atoms with van der Waals surface area (Å²) in [7, 11) is 0. The predicted molar refractivity (Wildman–Crippen MR) is 81.0 cm³/mol. The molecule has 0 saturated heterocycles. The molecule has 2 rings (SSSR count). The van der Waals surface area contributed by atoms with Gasteiger partial charge in [-0.1, -0.05) is 34.1 Å². The van der Waals surface area contributed by atoms with Crippen LogP contribution in [0.1, 0.15) is 22.6 Å². The lowest BCUT2D eigenvalue weighted by molar-refractivity contribution is 0.611. The van der Waals surface area contributed by atoms with Gasteiger partial charge in [-0.2, -0.15) is 0 Å². The second kappa shape index (κ2) is 6.45. The van der Waals surface area contributed by atoms with Gasteiger partial charge in [-0.3, -0.25) is 0 Å². The average Bonchev–Trinajstić information content (AvgIpc) is 2.75. The van der Waals surface area contributed by atoms with E-state index in [1.165, 1.54) is 10.4 Å². The van der Waals surface area contributed by atoms with E-state index in [2.05, 4.69) is 46.0 Å². The zero-order valence-electron chi connectivity index (χ0n) is 10.4. The first kappa shape index (κ1) is 13.7. The number of thiazole rings is 1. The Morgan fingerprint density at radius 3 is 2.83 bits per heavy atom.